The van der Waals surface area contributed by atoms with Gasteiger partial charge in [0.15, 0.2) is 0 Å². The van der Waals surface area contributed by atoms with E-state index in [1.807, 2.05) is 7.05 Å². The minimum absolute atomic E-state index is 0.0382. The summed E-state index contributed by atoms with van der Waals surface area (Å²) in [6.45, 7) is 9.65. The van der Waals surface area contributed by atoms with Gasteiger partial charge in [-0.1, -0.05) is 20.8 Å². The van der Waals surface area contributed by atoms with Crippen LogP contribution < -0.4 is 10.6 Å². The third kappa shape index (κ3) is 2.85. The molecule has 2 aliphatic rings. The molecule has 0 aliphatic heterocycles. The average Bonchev–Trinajstić information content (AvgIpc) is 3.27. The molecule has 1 aromatic heterocycles. The second-order valence-electron chi connectivity index (χ2n) is 7.86. The molecule has 0 saturated heterocycles. The van der Waals surface area contributed by atoms with E-state index in [4.69, 9.17) is 4.98 Å². The molecule has 4 nitrogen and oxygen atoms in total. The van der Waals surface area contributed by atoms with Gasteiger partial charge in [-0.15, -0.1) is 0 Å². The van der Waals surface area contributed by atoms with E-state index in [0.29, 0.717) is 5.41 Å². The molecule has 116 valence electrons. The number of hydrogen-bond acceptors (Lipinski definition) is 4. The number of nitrogens with zero attached hydrogens (tertiary/aromatic N) is 2. The van der Waals surface area contributed by atoms with Crippen LogP contribution in [0.1, 0.15) is 57.8 Å². The molecule has 1 heterocycles. The SMILES string of the molecule is CNc1nc(C(C)(C)C)nc(NCC2(C3CC3)CC2)c1C. The topological polar surface area (TPSA) is 49.8 Å². The zero-order valence-electron chi connectivity index (χ0n) is 14.0. The number of nitrogens with one attached hydrogen (secondary N) is 2. The maximum Gasteiger partial charge on any atom is 0.138 e. The Labute approximate surface area is 128 Å². The number of hydrogen-bond donors (Lipinski definition) is 2. The first-order chi connectivity index (χ1) is 9.86. The first kappa shape index (κ1) is 14.6. The average molecular weight is 288 g/mol. The Morgan fingerprint density at radius 2 is 1.76 bits per heavy atom. The minimum Gasteiger partial charge on any atom is -0.373 e. The summed E-state index contributed by atoms with van der Waals surface area (Å²) >= 11 is 0. The lowest BCUT2D eigenvalue weighted by Gasteiger charge is -2.22. The lowest BCUT2D eigenvalue weighted by Crippen LogP contribution is -2.22. The molecule has 2 saturated carbocycles. The predicted octanol–water partition coefficient (Wildman–Crippen LogP) is 3.73. The van der Waals surface area contributed by atoms with Crippen molar-refractivity contribution in [1.29, 1.82) is 0 Å². The smallest absolute Gasteiger partial charge is 0.138 e. The van der Waals surface area contributed by atoms with Gasteiger partial charge in [0.05, 0.1) is 0 Å². The molecule has 2 N–H and O–H groups in total. The fraction of sp³-hybridized carbons (Fsp3) is 0.765. The van der Waals surface area contributed by atoms with Crippen molar-refractivity contribution < 1.29 is 0 Å². The van der Waals surface area contributed by atoms with Crippen LogP contribution in [0, 0.1) is 18.3 Å². The van der Waals surface area contributed by atoms with Crippen LogP contribution in [0.3, 0.4) is 0 Å². The number of rotatable bonds is 5. The second-order valence-corrected chi connectivity index (χ2v) is 7.86. The lowest BCUT2D eigenvalue weighted by molar-refractivity contribution is 0.465. The van der Waals surface area contributed by atoms with E-state index in [2.05, 4.69) is 43.3 Å². The molecule has 4 heteroatoms. The van der Waals surface area contributed by atoms with Gasteiger partial charge in [-0.25, -0.2) is 9.97 Å². The molecule has 1 aromatic rings. The lowest BCUT2D eigenvalue weighted by atomic mass is 9.95. The second kappa shape index (κ2) is 4.85. The molecule has 21 heavy (non-hydrogen) atoms. The van der Waals surface area contributed by atoms with Gasteiger partial charge in [0.2, 0.25) is 0 Å². The Bertz CT molecular complexity index is 536. The van der Waals surface area contributed by atoms with Gasteiger partial charge < -0.3 is 10.6 Å². The third-order valence-electron chi connectivity index (χ3n) is 5.00. The molecule has 2 aliphatic carbocycles. The highest BCUT2D eigenvalue weighted by Crippen LogP contribution is 2.61. The first-order valence-corrected chi connectivity index (χ1v) is 8.16. The summed E-state index contributed by atoms with van der Waals surface area (Å²) in [5.74, 6) is 3.81. The van der Waals surface area contributed by atoms with Crippen molar-refractivity contribution >= 4 is 11.6 Å². The van der Waals surface area contributed by atoms with Crippen LogP contribution in [0.25, 0.3) is 0 Å². The molecular weight excluding hydrogens is 260 g/mol. The standard InChI is InChI=1S/C17H28N4/c1-11-13(18-5)20-15(16(2,3)4)21-14(11)19-10-17(8-9-17)12-6-7-12/h12H,6-10H2,1-5H3,(H2,18,19,20,21). The quantitative estimate of drug-likeness (QED) is 0.867. The Hall–Kier alpha value is -1.32. The van der Waals surface area contributed by atoms with E-state index < -0.39 is 0 Å². The van der Waals surface area contributed by atoms with E-state index in [1.54, 1.807) is 0 Å². The van der Waals surface area contributed by atoms with Crippen LogP contribution in [0.4, 0.5) is 11.6 Å². The van der Waals surface area contributed by atoms with Crippen molar-refractivity contribution in [2.24, 2.45) is 11.3 Å². The summed E-state index contributed by atoms with van der Waals surface area (Å²) in [6.07, 6.45) is 5.64. The van der Waals surface area contributed by atoms with Crippen LogP contribution in [0.2, 0.25) is 0 Å². The van der Waals surface area contributed by atoms with Gasteiger partial charge in [-0.2, -0.15) is 0 Å². The first-order valence-electron chi connectivity index (χ1n) is 8.16. The summed E-state index contributed by atoms with van der Waals surface area (Å²) < 4.78 is 0. The predicted molar refractivity (Wildman–Crippen MR) is 87.9 cm³/mol. The molecule has 0 radical (unpaired) electrons. The van der Waals surface area contributed by atoms with Crippen LogP contribution in [0.5, 0.6) is 0 Å². The van der Waals surface area contributed by atoms with Gasteiger partial charge in [0.1, 0.15) is 17.5 Å². The van der Waals surface area contributed by atoms with E-state index in [-0.39, 0.29) is 5.41 Å². The molecule has 0 unspecified atom stereocenters. The third-order valence-corrected chi connectivity index (χ3v) is 5.00. The van der Waals surface area contributed by atoms with Crippen LogP contribution in [-0.2, 0) is 5.41 Å². The minimum atomic E-state index is -0.0382. The monoisotopic (exact) mass is 288 g/mol. The fourth-order valence-corrected chi connectivity index (χ4v) is 3.11. The van der Waals surface area contributed by atoms with Gasteiger partial charge in [0, 0.05) is 24.6 Å². The van der Waals surface area contributed by atoms with Crippen molar-refractivity contribution in [2.45, 2.75) is 58.8 Å². The number of anilines is 2. The maximum atomic E-state index is 4.80. The molecule has 3 rings (SSSR count). The van der Waals surface area contributed by atoms with E-state index in [1.165, 1.54) is 25.7 Å². The molecule has 0 aromatic carbocycles. The summed E-state index contributed by atoms with van der Waals surface area (Å²) in [5.41, 5.74) is 1.67. The highest BCUT2D eigenvalue weighted by Gasteiger charge is 2.53. The van der Waals surface area contributed by atoms with Crippen LogP contribution >= 0.6 is 0 Å². The highest BCUT2D eigenvalue weighted by molar-refractivity contribution is 5.57. The summed E-state index contributed by atoms with van der Waals surface area (Å²) in [7, 11) is 1.93. The maximum absolute atomic E-state index is 4.80. The van der Waals surface area contributed by atoms with Crippen molar-refractivity contribution in [3.63, 3.8) is 0 Å². The largest absolute Gasteiger partial charge is 0.373 e. The zero-order valence-corrected chi connectivity index (χ0v) is 14.0. The van der Waals surface area contributed by atoms with Crippen molar-refractivity contribution in [1.82, 2.24) is 9.97 Å². The van der Waals surface area contributed by atoms with Gasteiger partial charge in [0.25, 0.3) is 0 Å². The summed E-state index contributed by atoms with van der Waals surface area (Å²) in [5, 5.41) is 6.84. The summed E-state index contributed by atoms with van der Waals surface area (Å²) in [4.78, 5) is 9.47. The van der Waals surface area contributed by atoms with Crippen molar-refractivity contribution in [3.05, 3.63) is 11.4 Å². The molecule has 2 fully saturated rings. The van der Waals surface area contributed by atoms with Gasteiger partial charge in [-0.05, 0) is 43.9 Å². The number of aromatic nitrogens is 2. The van der Waals surface area contributed by atoms with E-state index >= 15 is 0 Å². The van der Waals surface area contributed by atoms with E-state index in [9.17, 15) is 0 Å². The fourth-order valence-electron chi connectivity index (χ4n) is 3.11. The highest BCUT2D eigenvalue weighted by atomic mass is 15.1. The molecule has 0 amide bonds. The molecular formula is C17H28N4. The molecule has 0 spiro atoms. The molecule has 0 atom stereocenters. The Morgan fingerprint density at radius 1 is 1.14 bits per heavy atom. The van der Waals surface area contributed by atoms with Crippen molar-refractivity contribution in [3.8, 4) is 0 Å². The normalized spacial score (nSPS) is 20.2. The molecule has 0 bridgehead atoms. The van der Waals surface area contributed by atoms with Gasteiger partial charge in [-0.3, -0.25) is 0 Å². The van der Waals surface area contributed by atoms with Crippen LogP contribution in [0.15, 0.2) is 0 Å². The van der Waals surface area contributed by atoms with E-state index in [0.717, 1.165) is 35.5 Å². The summed E-state index contributed by atoms with van der Waals surface area (Å²) in [6, 6.07) is 0. The van der Waals surface area contributed by atoms with Crippen LogP contribution in [-0.4, -0.2) is 23.6 Å². The Balaban J connectivity index is 1.82. The van der Waals surface area contributed by atoms with Crippen molar-refractivity contribution in [2.75, 3.05) is 24.2 Å². The Morgan fingerprint density at radius 3 is 2.24 bits per heavy atom. The van der Waals surface area contributed by atoms with Gasteiger partial charge >= 0.3 is 0 Å². The Kier molecular flexibility index (Phi) is 3.38. The zero-order chi connectivity index (χ0) is 15.3.